The fourth-order valence-corrected chi connectivity index (χ4v) is 4.56. The number of benzene rings is 2. The van der Waals surface area contributed by atoms with Gasteiger partial charge in [-0.3, -0.25) is 4.79 Å². The third-order valence-electron chi connectivity index (χ3n) is 5.43. The van der Waals surface area contributed by atoms with Gasteiger partial charge >= 0.3 is 6.18 Å². The van der Waals surface area contributed by atoms with Crippen molar-refractivity contribution in [3.8, 4) is 5.75 Å². The molecule has 1 aliphatic carbocycles. The average molecular weight is 441 g/mol. The lowest BCUT2D eigenvalue weighted by molar-refractivity contribution is -0.137. The first-order chi connectivity index (χ1) is 13.9. The molecule has 30 heavy (non-hydrogen) atoms. The number of phenols is 1. The summed E-state index contributed by atoms with van der Waals surface area (Å²) in [4.78, 5) is 12.3. The van der Waals surface area contributed by atoms with Crippen LogP contribution in [0.4, 0.5) is 18.9 Å². The van der Waals surface area contributed by atoms with Gasteiger partial charge in [0.2, 0.25) is 5.91 Å². The van der Waals surface area contributed by atoms with Crippen LogP contribution in [-0.2, 0) is 20.8 Å². The van der Waals surface area contributed by atoms with Crippen LogP contribution in [0.15, 0.2) is 47.4 Å². The molecule has 1 fully saturated rings. The molecule has 0 saturated heterocycles. The van der Waals surface area contributed by atoms with E-state index in [2.05, 4.69) is 5.32 Å². The largest absolute Gasteiger partial charge is 0.507 e. The maximum absolute atomic E-state index is 12.7. The van der Waals surface area contributed by atoms with Gasteiger partial charge in [-0.1, -0.05) is 12.1 Å². The number of hydrogen-bond acceptors (Lipinski definition) is 4. The van der Waals surface area contributed by atoms with E-state index >= 15 is 0 Å². The fraction of sp³-hybridized carbons (Fsp3) is 0.381. The predicted molar refractivity (Wildman–Crippen MR) is 106 cm³/mol. The maximum Gasteiger partial charge on any atom is 0.416 e. The summed E-state index contributed by atoms with van der Waals surface area (Å²) in [5, 5.41) is 12.4. The Morgan fingerprint density at radius 2 is 1.63 bits per heavy atom. The van der Waals surface area contributed by atoms with Crippen LogP contribution in [0.1, 0.15) is 42.7 Å². The molecule has 0 aromatic heterocycles. The van der Waals surface area contributed by atoms with E-state index in [9.17, 15) is 31.5 Å². The summed E-state index contributed by atoms with van der Waals surface area (Å²) < 4.78 is 61.5. The van der Waals surface area contributed by atoms with Gasteiger partial charge in [0.25, 0.3) is 0 Å². The minimum atomic E-state index is -4.36. The molecule has 9 heteroatoms. The molecule has 2 aromatic carbocycles. The second-order valence-corrected chi connectivity index (χ2v) is 9.60. The molecule has 2 aromatic rings. The summed E-state index contributed by atoms with van der Waals surface area (Å²) in [6.45, 7) is 0. The average Bonchev–Trinajstić information content (AvgIpc) is 2.68. The van der Waals surface area contributed by atoms with Crippen molar-refractivity contribution in [2.75, 3.05) is 11.6 Å². The van der Waals surface area contributed by atoms with Gasteiger partial charge in [0.15, 0.2) is 9.84 Å². The van der Waals surface area contributed by atoms with Gasteiger partial charge in [-0.2, -0.15) is 13.2 Å². The van der Waals surface area contributed by atoms with Gasteiger partial charge in [0.1, 0.15) is 10.6 Å². The maximum atomic E-state index is 12.7. The van der Waals surface area contributed by atoms with E-state index in [1.807, 2.05) is 0 Å². The van der Waals surface area contributed by atoms with Gasteiger partial charge in [0.05, 0.1) is 5.56 Å². The van der Waals surface area contributed by atoms with Crippen LogP contribution >= 0.6 is 0 Å². The van der Waals surface area contributed by atoms with Gasteiger partial charge in [0, 0.05) is 17.9 Å². The Bertz CT molecular complexity index is 1030. The van der Waals surface area contributed by atoms with Crippen molar-refractivity contribution in [1.82, 2.24) is 0 Å². The SMILES string of the molecule is CS(=O)(=O)c1cc(NC(=O)[C@H]2CC[C@H](c3ccc(C(F)(F)F)cc3)CC2)ccc1O. The molecule has 0 radical (unpaired) electrons. The van der Waals surface area contributed by atoms with Crippen LogP contribution in [0.3, 0.4) is 0 Å². The number of anilines is 1. The van der Waals surface area contributed by atoms with E-state index in [1.165, 1.54) is 30.3 Å². The number of amides is 1. The fourth-order valence-electron chi connectivity index (χ4n) is 3.77. The number of aromatic hydroxyl groups is 1. The van der Waals surface area contributed by atoms with Crippen LogP contribution < -0.4 is 5.32 Å². The Labute approximate surface area is 172 Å². The highest BCUT2D eigenvalue weighted by molar-refractivity contribution is 7.90. The van der Waals surface area contributed by atoms with Gasteiger partial charge in [-0.05, 0) is 67.5 Å². The molecule has 1 saturated carbocycles. The third-order valence-corrected chi connectivity index (χ3v) is 6.56. The number of halogens is 3. The molecule has 3 rings (SSSR count). The van der Waals surface area contributed by atoms with E-state index in [-0.39, 0.29) is 34.1 Å². The van der Waals surface area contributed by atoms with Crippen molar-refractivity contribution in [1.29, 1.82) is 0 Å². The zero-order valence-corrected chi connectivity index (χ0v) is 17.1. The summed E-state index contributed by atoms with van der Waals surface area (Å²) in [6.07, 6.45) is -0.889. The quantitative estimate of drug-likeness (QED) is 0.672. The normalized spacial score (nSPS) is 20.0. The van der Waals surface area contributed by atoms with Crippen LogP contribution in [0, 0.1) is 5.92 Å². The van der Waals surface area contributed by atoms with E-state index in [1.54, 1.807) is 0 Å². The highest BCUT2D eigenvalue weighted by atomic mass is 32.2. The van der Waals surface area contributed by atoms with Crippen molar-refractivity contribution in [3.05, 3.63) is 53.6 Å². The molecule has 5 nitrogen and oxygen atoms in total. The zero-order valence-electron chi connectivity index (χ0n) is 16.2. The lowest BCUT2D eigenvalue weighted by atomic mass is 9.78. The number of sulfone groups is 1. The van der Waals surface area contributed by atoms with Crippen molar-refractivity contribution < 1.29 is 31.5 Å². The molecule has 0 spiro atoms. The summed E-state index contributed by atoms with van der Waals surface area (Å²) in [7, 11) is -3.64. The van der Waals surface area contributed by atoms with E-state index < -0.39 is 21.6 Å². The molecule has 162 valence electrons. The first-order valence-corrected chi connectivity index (χ1v) is 11.4. The number of nitrogens with one attached hydrogen (secondary N) is 1. The highest BCUT2D eigenvalue weighted by Gasteiger charge is 2.31. The minimum Gasteiger partial charge on any atom is -0.507 e. The molecular formula is C21H22F3NO4S. The van der Waals surface area contributed by atoms with Crippen LogP contribution in [0.2, 0.25) is 0 Å². The van der Waals surface area contributed by atoms with E-state index in [0.29, 0.717) is 25.7 Å². The molecule has 0 bridgehead atoms. The van der Waals surface area contributed by atoms with Gasteiger partial charge in [-0.25, -0.2) is 8.42 Å². The lowest BCUT2D eigenvalue weighted by Gasteiger charge is -2.28. The van der Waals surface area contributed by atoms with E-state index in [4.69, 9.17) is 0 Å². The number of alkyl halides is 3. The van der Waals surface area contributed by atoms with Crippen molar-refractivity contribution in [2.45, 2.75) is 42.7 Å². The topological polar surface area (TPSA) is 83.5 Å². The standard InChI is InChI=1S/C21H22F3NO4S/c1-30(28,29)19-12-17(10-11-18(19)26)25-20(27)15-4-2-13(3-5-15)14-6-8-16(9-7-14)21(22,23)24/h6-13,15,26H,2-5H2,1H3,(H,25,27)/t13-,15-. The first-order valence-electron chi connectivity index (χ1n) is 9.46. The predicted octanol–water partition coefficient (Wildman–Crippen LogP) is 4.73. The molecule has 0 heterocycles. The summed E-state index contributed by atoms with van der Waals surface area (Å²) in [5.74, 6) is -0.799. The van der Waals surface area contributed by atoms with Crippen LogP contribution in [0.25, 0.3) is 0 Å². The van der Waals surface area contributed by atoms with Crippen molar-refractivity contribution >= 4 is 21.4 Å². The number of carbonyl (C=O) groups excluding carboxylic acids is 1. The Morgan fingerprint density at radius 3 is 2.17 bits per heavy atom. The molecule has 1 amide bonds. The molecular weight excluding hydrogens is 419 g/mol. The number of carbonyl (C=O) groups is 1. The van der Waals surface area contributed by atoms with E-state index in [0.717, 1.165) is 24.0 Å². The molecule has 2 N–H and O–H groups in total. The Morgan fingerprint density at radius 1 is 1.03 bits per heavy atom. The molecule has 0 atom stereocenters. The van der Waals surface area contributed by atoms with Gasteiger partial charge in [-0.15, -0.1) is 0 Å². The Balaban J connectivity index is 1.61. The first kappa shape index (κ1) is 22.1. The highest BCUT2D eigenvalue weighted by Crippen LogP contribution is 2.38. The minimum absolute atomic E-state index is 0.0989. The second-order valence-electron chi connectivity index (χ2n) is 7.61. The van der Waals surface area contributed by atoms with Crippen molar-refractivity contribution in [3.63, 3.8) is 0 Å². The Kier molecular flexibility index (Phi) is 6.12. The van der Waals surface area contributed by atoms with Gasteiger partial charge < -0.3 is 10.4 Å². The number of phenolic OH excluding ortho intramolecular Hbond substituents is 1. The zero-order chi connectivity index (χ0) is 22.1. The van der Waals surface area contributed by atoms with Crippen LogP contribution in [0.5, 0.6) is 5.75 Å². The van der Waals surface area contributed by atoms with Crippen LogP contribution in [-0.4, -0.2) is 25.7 Å². The molecule has 0 aliphatic heterocycles. The second kappa shape index (κ2) is 8.29. The monoisotopic (exact) mass is 441 g/mol. The summed E-state index contributed by atoms with van der Waals surface area (Å²) in [6, 6.07) is 9.02. The Hall–Kier alpha value is -2.55. The smallest absolute Gasteiger partial charge is 0.416 e. The third kappa shape index (κ3) is 5.13. The number of rotatable bonds is 4. The summed E-state index contributed by atoms with van der Waals surface area (Å²) in [5.41, 5.74) is 0.433. The molecule has 0 unspecified atom stereocenters. The van der Waals surface area contributed by atoms with Crippen molar-refractivity contribution in [2.24, 2.45) is 5.92 Å². The lowest BCUT2D eigenvalue weighted by Crippen LogP contribution is -2.26. The molecule has 1 aliphatic rings. The number of hydrogen-bond donors (Lipinski definition) is 2. The summed E-state index contributed by atoms with van der Waals surface area (Å²) >= 11 is 0.